The summed E-state index contributed by atoms with van der Waals surface area (Å²) in [5.74, 6) is 0.212. The van der Waals surface area contributed by atoms with Crippen molar-refractivity contribution in [3.05, 3.63) is 0 Å². The number of amides is 1. The zero-order valence-electron chi connectivity index (χ0n) is 13.8. The van der Waals surface area contributed by atoms with Gasteiger partial charge in [-0.05, 0) is 19.9 Å². The number of nitrogens with zero attached hydrogens (tertiary/aromatic N) is 3. The summed E-state index contributed by atoms with van der Waals surface area (Å²) in [7, 11) is 5.73. The van der Waals surface area contributed by atoms with Crippen molar-refractivity contribution < 1.29 is 9.90 Å². The lowest BCUT2D eigenvalue weighted by Gasteiger charge is -2.37. The molecule has 2 fully saturated rings. The maximum absolute atomic E-state index is 12.3. The Hall–Kier alpha value is -0.650. The monoisotopic (exact) mass is 297 g/mol. The van der Waals surface area contributed by atoms with Crippen molar-refractivity contribution >= 4 is 5.91 Å². The predicted octanol–water partition coefficient (Wildman–Crippen LogP) is 0.633. The molecule has 0 radical (unpaired) electrons. The number of aliphatic hydroxyl groups is 1. The van der Waals surface area contributed by atoms with Gasteiger partial charge in [0.15, 0.2) is 0 Å². The Bertz CT molecular complexity index is 353. The van der Waals surface area contributed by atoms with Gasteiger partial charge in [-0.3, -0.25) is 9.69 Å². The van der Waals surface area contributed by atoms with Crippen LogP contribution < -0.4 is 0 Å². The van der Waals surface area contributed by atoms with E-state index in [1.165, 1.54) is 6.42 Å². The van der Waals surface area contributed by atoms with Gasteiger partial charge in [0.05, 0.1) is 11.5 Å². The highest BCUT2D eigenvalue weighted by Crippen LogP contribution is 2.29. The Morgan fingerprint density at radius 3 is 2.48 bits per heavy atom. The zero-order valence-corrected chi connectivity index (χ0v) is 13.8. The average molecular weight is 297 g/mol. The minimum Gasteiger partial charge on any atom is -0.389 e. The molecule has 1 saturated heterocycles. The van der Waals surface area contributed by atoms with Gasteiger partial charge in [0, 0.05) is 46.8 Å². The lowest BCUT2D eigenvalue weighted by molar-refractivity contribution is -0.134. The molecule has 0 bridgehead atoms. The molecule has 0 aromatic carbocycles. The van der Waals surface area contributed by atoms with Gasteiger partial charge in [0.1, 0.15) is 0 Å². The number of β-amino-alcohol motifs (C(OH)–C–C–N with tert-alkyl or cyclic N) is 1. The fraction of sp³-hybridized carbons (Fsp3) is 0.938. The quantitative estimate of drug-likeness (QED) is 0.830. The smallest absolute Gasteiger partial charge is 0.227 e. The summed E-state index contributed by atoms with van der Waals surface area (Å²) >= 11 is 0. The first-order valence-corrected chi connectivity index (χ1v) is 8.24. The zero-order chi connectivity index (χ0) is 15.5. The molecule has 1 unspecified atom stereocenters. The first-order valence-electron chi connectivity index (χ1n) is 8.24. The van der Waals surface area contributed by atoms with E-state index in [-0.39, 0.29) is 11.8 Å². The fourth-order valence-electron chi connectivity index (χ4n) is 3.69. The van der Waals surface area contributed by atoms with Gasteiger partial charge in [0.25, 0.3) is 0 Å². The van der Waals surface area contributed by atoms with Crippen LogP contribution in [-0.4, -0.2) is 85.2 Å². The fourth-order valence-corrected chi connectivity index (χ4v) is 3.69. The minimum absolute atomic E-state index is 0.0136. The van der Waals surface area contributed by atoms with Crippen LogP contribution in [0.3, 0.4) is 0 Å². The Morgan fingerprint density at radius 1 is 1.19 bits per heavy atom. The van der Waals surface area contributed by atoms with Gasteiger partial charge in [0.2, 0.25) is 5.91 Å². The summed E-state index contributed by atoms with van der Waals surface area (Å²) in [6.07, 6.45) is 5.32. The number of likely N-dealkylation sites (N-methyl/N-ethyl adjacent to an activating group) is 1. The first-order chi connectivity index (χ1) is 9.89. The molecule has 1 N–H and O–H groups in total. The Balaban J connectivity index is 1.99. The first kappa shape index (κ1) is 16.7. The van der Waals surface area contributed by atoms with E-state index >= 15 is 0 Å². The molecule has 5 nitrogen and oxygen atoms in total. The van der Waals surface area contributed by atoms with Crippen LogP contribution in [0.2, 0.25) is 0 Å². The third kappa shape index (κ3) is 4.66. The Labute approximate surface area is 128 Å². The van der Waals surface area contributed by atoms with Crippen LogP contribution in [0.25, 0.3) is 0 Å². The summed E-state index contributed by atoms with van der Waals surface area (Å²) in [5, 5.41) is 10.8. The van der Waals surface area contributed by atoms with Crippen LogP contribution in [0.4, 0.5) is 0 Å². The summed E-state index contributed by atoms with van der Waals surface area (Å²) < 4.78 is 0. The van der Waals surface area contributed by atoms with Crippen molar-refractivity contribution in [2.24, 2.45) is 5.92 Å². The van der Waals surface area contributed by atoms with Crippen molar-refractivity contribution in [2.45, 2.75) is 37.7 Å². The maximum atomic E-state index is 12.3. The minimum atomic E-state index is -0.535. The summed E-state index contributed by atoms with van der Waals surface area (Å²) in [6, 6.07) is 0. The molecular formula is C16H31N3O2. The lowest BCUT2D eigenvalue weighted by Crippen LogP contribution is -2.47. The Kier molecular flexibility index (Phi) is 5.63. The summed E-state index contributed by atoms with van der Waals surface area (Å²) in [5.41, 5.74) is -0.535. The third-order valence-corrected chi connectivity index (χ3v) is 4.90. The Morgan fingerprint density at radius 2 is 1.86 bits per heavy atom. The molecule has 2 aliphatic rings. The van der Waals surface area contributed by atoms with Crippen LogP contribution in [0.15, 0.2) is 0 Å². The molecule has 1 saturated carbocycles. The average Bonchev–Trinajstić information content (AvgIpc) is 2.60. The molecule has 1 aliphatic heterocycles. The molecule has 0 aromatic heterocycles. The second-order valence-electron chi connectivity index (χ2n) is 7.21. The maximum Gasteiger partial charge on any atom is 0.227 e. The van der Waals surface area contributed by atoms with E-state index in [9.17, 15) is 9.90 Å². The van der Waals surface area contributed by atoms with Gasteiger partial charge in [-0.25, -0.2) is 0 Å². The van der Waals surface area contributed by atoms with Crippen molar-refractivity contribution in [2.75, 3.05) is 53.9 Å². The van der Waals surface area contributed by atoms with Gasteiger partial charge in [-0.15, -0.1) is 0 Å². The topological polar surface area (TPSA) is 47.0 Å². The molecule has 122 valence electrons. The van der Waals surface area contributed by atoms with E-state index in [0.29, 0.717) is 0 Å². The van der Waals surface area contributed by atoms with Gasteiger partial charge >= 0.3 is 0 Å². The van der Waals surface area contributed by atoms with E-state index in [1.807, 2.05) is 14.1 Å². The molecule has 1 heterocycles. The summed E-state index contributed by atoms with van der Waals surface area (Å²) in [4.78, 5) is 18.6. The molecular weight excluding hydrogens is 266 g/mol. The number of hydrogen-bond donors (Lipinski definition) is 1. The second-order valence-corrected chi connectivity index (χ2v) is 7.21. The van der Waals surface area contributed by atoms with E-state index in [0.717, 1.165) is 58.4 Å². The van der Waals surface area contributed by atoms with Gasteiger partial charge in [-0.2, -0.15) is 0 Å². The molecule has 1 amide bonds. The molecule has 5 heteroatoms. The normalized spacial score (nSPS) is 28.1. The van der Waals surface area contributed by atoms with Crippen molar-refractivity contribution in [3.63, 3.8) is 0 Å². The van der Waals surface area contributed by atoms with Crippen LogP contribution in [0, 0.1) is 5.92 Å². The van der Waals surface area contributed by atoms with Crippen LogP contribution >= 0.6 is 0 Å². The van der Waals surface area contributed by atoms with Gasteiger partial charge in [-0.1, -0.05) is 19.3 Å². The highest BCUT2D eigenvalue weighted by Gasteiger charge is 2.34. The van der Waals surface area contributed by atoms with Crippen LogP contribution in [-0.2, 0) is 4.79 Å². The largest absolute Gasteiger partial charge is 0.389 e. The molecule has 21 heavy (non-hydrogen) atoms. The molecule has 2 rings (SSSR count). The number of hydrogen-bond acceptors (Lipinski definition) is 4. The van der Waals surface area contributed by atoms with Gasteiger partial charge < -0.3 is 14.9 Å². The van der Waals surface area contributed by atoms with E-state index in [1.54, 1.807) is 4.90 Å². The van der Waals surface area contributed by atoms with Crippen LogP contribution in [0.1, 0.15) is 32.1 Å². The molecule has 0 spiro atoms. The number of carbonyl (C=O) groups is 1. The number of carbonyl (C=O) groups excluding carboxylic acids is 1. The van der Waals surface area contributed by atoms with Crippen molar-refractivity contribution in [3.8, 4) is 0 Å². The molecule has 0 aromatic rings. The van der Waals surface area contributed by atoms with Crippen molar-refractivity contribution in [1.29, 1.82) is 0 Å². The predicted molar refractivity (Wildman–Crippen MR) is 84.2 cm³/mol. The van der Waals surface area contributed by atoms with E-state index < -0.39 is 5.60 Å². The SMILES string of the molecule is CN1CCN(CC2(O)CCCCC2)CC(C(=O)N(C)C)C1. The highest BCUT2D eigenvalue weighted by molar-refractivity contribution is 5.78. The standard InChI is InChI=1S/C16H31N3O2/c1-17(2)15(20)14-11-18(3)9-10-19(12-14)13-16(21)7-5-4-6-8-16/h14,21H,4-13H2,1-3H3. The van der Waals surface area contributed by atoms with Crippen LogP contribution in [0.5, 0.6) is 0 Å². The third-order valence-electron chi connectivity index (χ3n) is 4.90. The second kappa shape index (κ2) is 7.07. The number of rotatable bonds is 3. The van der Waals surface area contributed by atoms with E-state index in [4.69, 9.17) is 0 Å². The van der Waals surface area contributed by atoms with E-state index in [2.05, 4.69) is 16.8 Å². The lowest BCUT2D eigenvalue weighted by atomic mass is 9.84. The molecule has 1 atom stereocenters. The summed E-state index contributed by atoms with van der Waals surface area (Å²) in [6.45, 7) is 4.21. The highest BCUT2D eigenvalue weighted by atomic mass is 16.3. The molecule has 1 aliphatic carbocycles. The van der Waals surface area contributed by atoms with Crippen molar-refractivity contribution in [1.82, 2.24) is 14.7 Å².